The molecule has 0 bridgehead atoms. The number of phenolic OH excluding ortho intramolecular Hbond substituents is 1. The first-order chi connectivity index (χ1) is 14.1. The maximum atomic E-state index is 9.54. The average molecular weight is 423 g/mol. The number of aromatic hydroxyl groups is 1. The van der Waals surface area contributed by atoms with Crippen molar-refractivity contribution in [2.24, 2.45) is 0 Å². The van der Waals surface area contributed by atoms with Crippen LogP contribution in [0, 0.1) is 0 Å². The van der Waals surface area contributed by atoms with Crippen molar-refractivity contribution in [3.63, 3.8) is 0 Å². The molecule has 1 aromatic heterocycles. The van der Waals surface area contributed by atoms with Crippen LogP contribution in [-0.4, -0.2) is 35.6 Å². The number of phenols is 1. The van der Waals surface area contributed by atoms with Gasteiger partial charge in [0.25, 0.3) is 0 Å². The molecule has 0 fully saturated rings. The Morgan fingerprint density at radius 2 is 1.63 bits per heavy atom. The number of aromatic nitrogens is 1. The highest BCUT2D eigenvalue weighted by molar-refractivity contribution is 5.85. The molecule has 4 heteroatoms. The van der Waals surface area contributed by atoms with E-state index in [1.54, 1.807) is 12.1 Å². The van der Waals surface area contributed by atoms with Crippen LogP contribution < -0.4 is 0 Å². The first-order valence-corrected chi connectivity index (χ1v) is 10.2. The molecule has 1 heterocycles. The van der Waals surface area contributed by atoms with Gasteiger partial charge in [0.1, 0.15) is 5.75 Å². The zero-order valence-electron chi connectivity index (χ0n) is 17.8. The molecule has 3 nitrogen and oxygen atoms in total. The summed E-state index contributed by atoms with van der Waals surface area (Å²) in [5.74, 6) is 0.302. The van der Waals surface area contributed by atoms with E-state index in [2.05, 4.69) is 66.5 Å². The number of hydrogen-bond donors (Lipinski definition) is 1. The van der Waals surface area contributed by atoms with Crippen LogP contribution >= 0.6 is 12.4 Å². The van der Waals surface area contributed by atoms with Crippen LogP contribution in [0.4, 0.5) is 0 Å². The lowest BCUT2D eigenvalue weighted by molar-refractivity contribution is 0.399. The van der Waals surface area contributed by atoms with Gasteiger partial charge in [-0.15, -0.1) is 12.4 Å². The summed E-state index contributed by atoms with van der Waals surface area (Å²) in [6, 6.07) is 22.3. The third-order valence-corrected chi connectivity index (χ3v) is 4.98. The van der Waals surface area contributed by atoms with Crippen molar-refractivity contribution in [3.05, 3.63) is 101 Å². The van der Waals surface area contributed by atoms with Crippen LogP contribution in [0.25, 0.3) is 5.57 Å². The molecule has 0 amide bonds. The van der Waals surface area contributed by atoms with Crippen molar-refractivity contribution in [2.45, 2.75) is 25.7 Å². The van der Waals surface area contributed by atoms with Crippen molar-refractivity contribution < 1.29 is 5.11 Å². The molecule has 1 N–H and O–H groups in total. The number of rotatable bonds is 9. The van der Waals surface area contributed by atoms with Crippen molar-refractivity contribution >= 4 is 18.0 Å². The highest BCUT2D eigenvalue weighted by Gasteiger charge is 2.04. The van der Waals surface area contributed by atoms with Gasteiger partial charge in [-0.05, 0) is 86.8 Å². The van der Waals surface area contributed by atoms with Gasteiger partial charge in [-0.3, -0.25) is 4.98 Å². The molecule has 0 aliphatic heterocycles. The normalized spacial score (nSPS) is 11.4. The summed E-state index contributed by atoms with van der Waals surface area (Å²) in [5.41, 5.74) is 6.08. The van der Waals surface area contributed by atoms with Gasteiger partial charge in [0.05, 0.1) is 0 Å². The monoisotopic (exact) mass is 422 g/mol. The predicted molar refractivity (Wildman–Crippen MR) is 128 cm³/mol. The van der Waals surface area contributed by atoms with E-state index in [0.29, 0.717) is 5.75 Å². The molecule has 0 unspecified atom stereocenters. The van der Waals surface area contributed by atoms with Gasteiger partial charge in [-0.1, -0.05) is 54.6 Å². The molecule has 0 radical (unpaired) electrons. The Kier molecular flexibility index (Phi) is 9.59. The molecule has 0 saturated heterocycles. The Morgan fingerprint density at radius 3 is 2.27 bits per heavy atom. The maximum Gasteiger partial charge on any atom is 0.115 e. The largest absolute Gasteiger partial charge is 0.508 e. The lowest BCUT2D eigenvalue weighted by Gasteiger charge is -2.10. The third kappa shape index (κ3) is 7.66. The Balaban J connectivity index is 0.00000320. The van der Waals surface area contributed by atoms with E-state index in [-0.39, 0.29) is 12.4 Å². The van der Waals surface area contributed by atoms with Crippen molar-refractivity contribution in [2.75, 3.05) is 20.6 Å². The molecular formula is C26H31ClN2O. The number of pyridine rings is 1. The number of benzene rings is 2. The van der Waals surface area contributed by atoms with Gasteiger partial charge in [0.2, 0.25) is 0 Å². The first kappa shape index (κ1) is 23.7. The van der Waals surface area contributed by atoms with Crippen LogP contribution in [0.3, 0.4) is 0 Å². The van der Waals surface area contributed by atoms with Crippen LogP contribution in [0.1, 0.15) is 28.8 Å². The lowest BCUT2D eigenvalue weighted by Crippen LogP contribution is -2.13. The fraction of sp³-hybridized carbons (Fsp3) is 0.269. The molecule has 0 spiro atoms. The molecule has 0 aliphatic rings. The van der Waals surface area contributed by atoms with E-state index in [4.69, 9.17) is 0 Å². The minimum Gasteiger partial charge on any atom is -0.508 e. The fourth-order valence-electron chi connectivity index (χ4n) is 3.32. The van der Waals surface area contributed by atoms with Crippen LogP contribution in [0.15, 0.2) is 79.0 Å². The number of hydrogen-bond acceptors (Lipinski definition) is 3. The third-order valence-electron chi connectivity index (χ3n) is 4.98. The summed E-state index contributed by atoms with van der Waals surface area (Å²) in [4.78, 5) is 6.85. The lowest BCUT2D eigenvalue weighted by atomic mass is 9.96. The highest BCUT2D eigenvalue weighted by Crippen LogP contribution is 2.22. The zero-order valence-corrected chi connectivity index (χ0v) is 18.6. The second-order valence-corrected chi connectivity index (χ2v) is 7.71. The van der Waals surface area contributed by atoms with Crippen LogP contribution in [0.5, 0.6) is 5.75 Å². The SMILES string of the molecule is CN(C)CCCc1ccc(CC=C(Cc2ccc(O)cc2)c2ccccc2)cn1.Cl. The van der Waals surface area contributed by atoms with E-state index in [0.717, 1.165) is 37.9 Å². The van der Waals surface area contributed by atoms with Gasteiger partial charge in [-0.25, -0.2) is 0 Å². The Morgan fingerprint density at radius 1 is 0.933 bits per heavy atom. The van der Waals surface area contributed by atoms with Crippen molar-refractivity contribution in [1.82, 2.24) is 9.88 Å². The Bertz CT molecular complexity index is 904. The summed E-state index contributed by atoms with van der Waals surface area (Å²) in [7, 11) is 4.21. The van der Waals surface area contributed by atoms with E-state index in [9.17, 15) is 5.11 Å². The molecule has 3 rings (SSSR count). The predicted octanol–water partition coefficient (Wildman–Crippen LogP) is 5.57. The van der Waals surface area contributed by atoms with Crippen molar-refractivity contribution in [3.8, 4) is 5.75 Å². The van der Waals surface area contributed by atoms with Gasteiger partial charge in [0.15, 0.2) is 0 Å². The van der Waals surface area contributed by atoms with Gasteiger partial charge in [0, 0.05) is 11.9 Å². The van der Waals surface area contributed by atoms with Gasteiger partial charge >= 0.3 is 0 Å². The Labute approximate surface area is 186 Å². The summed E-state index contributed by atoms with van der Waals surface area (Å²) in [6.07, 6.45) is 8.14. The van der Waals surface area contributed by atoms with Gasteiger partial charge < -0.3 is 10.0 Å². The number of halogens is 1. The number of nitrogens with zero attached hydrogens (tertiary/aromatic N) is 2. The van der Waals surface area contributed by atoms with Crippen LogP contribution in [0.2, 0.25) is 0 Å². The van der Waals surface area contributed by atoms with Crippen LogP contribution in [-0.2, 0) is 19.3 Å². The molecule has 0 atom stereocenters. The quantitative estimate of drug-likeness (QED) is 0.489. The maximum absolute atomic E-state index is 9.54. The molecule has 0 saturated carbocycles. The summed E-state index contributed by atoms with van der Waals surface area (Å²) < 4.78 is 0. The molecule has 3 aromatic rings. The summed E-state index contributed by atoms with van der Waals surface area (Å²) in [5, 5.41) is 9.54. The average Bonchev–Trinajstić information content (AvgIpc) is 2.74. The molecule has 30 heavy (non-hydrogen) atoms. The van der Waals surface area contributed by atoms with E-state index in [1.165, 1.54) is 22.3 Å². The zero-order chi connectivity index (χ0) is 20.5. The highest BCUT2D eigenvalue weighted by atomic mass is 35.5. The minimum absolute atomic E-state index is 0. The number of allylic oxidation sites excluding steroid dienone is 2. The molecule has 2 aromatic carbocycles. The van der Waals surface area contributed by atoms with Gasteiger partial charge in [-0.2, -0.15) is 0 Å². The Hall–Kier alpha value is -2.62. The summed E-state index contributed by atoms with van der Waals surface area (Å²) >= 11 is 0. The molecule has 158 valence electrons. The molecular weight excluding hydrogens is 392 g/mol. The topological polar surface area (TPSA) is 36.4 Å². The first-order valence-electron chi connectivity index (χ1n) is 10.2. The smallest absolute Gasteiger partial charge is 0.115 e. The summed E-state index contributed by atoms with van der Waals surface area (Å²) in [6.45, 7) is 1.09. The fourth-order valence-corrected chi connectivity index (χ4v) is 3.32. The second-order valence-electron chi connectivity index (χ2n) is 7.71. The van der Waals surface area contributed by atoms with E-state index >= 15 is 0 Å². The number of aryl methyl sites for hydroxylation is 1. The molecule has 0 aliphatic carbocycles. The van der Waals surface area contributed by atoms with E-state index in [1.807, 2.05) is 24.4 Å². The van der Waals surface area contributed by atoms with Crippen molar-refractivity contribution in [1.29, 1.82) is 0 Å². The van der Waals surface area contributed by atoms with E-state index < -0.39 is 0 Å². The standard InChI is InChI=1S/C26H30N2O.ClH/c1-28(2)18-6-9-25-15-11-22(20-27-25)10-14-24(23-7-4-3-5-8-23)19-21-12-16-26(29)17-13-21;/h3-5,7-8,11-17,20,29H,6,9-10,18-19H2,1-2H3;1H. The minimum atomic E-state index is 0. The second kappa shape index (κ2) is 12.2.